The molecule has 4 rings (SSSR count). The molecule has 8 heteroatoms. The van der Waals surface area contributed by atoms with E-state index in [1.54, 1.807) is 35.6 Å². The van der Waals surface area contributed by atoms with Crippen LogP contribution in [0.3, 0.4) is 0 Å². The average Bonchev–Trinajstić information content (AvgIpc) is 3.36. The van der Waals surface area contributed by atoms with Crippen LogP contribution < -0.4 is 10.6 Å². The fourth-order valence-electron chi connectivity index (χ4n) is 2.61. The summed E-state index contributed by atoms with van der Waals surface area (Å²) in [5.74, 6) is 0.215. The predicted octanol–water partition coefficient (Wildman–Crippen LogP) is 5.74. The van der Waals surface area contributed by atoms with Crippen molar-refractivity contribution in [2.75, 3.05) is 5.32 Å². The summed E-state index contributed by atoms with van der Waals surface area (Å²) in [7, 11) is 0. The number of hydrogen-bond acceptors (Lipinski definition) is 5. The summed E-state index contributed by atoms with van der Waals surface area (Å²) in [6.45, 7) is 0. The summed E-state index contributed by atoms with van der Waals surface area (Å²) in [5.41, 5.74) is 2.45. The molecule has 0 fully saturated rings. The van der Waals surface area contributed by atoms with Gasteiger partial charge in [0, 0.05) is 17.3 Å². The Labute approximate surface area is 181 Å². The Bertz CT molecular complexity index is 1180. The predicted molar refractivity (Wildman–Crippen MR) is 122 cm³/mol. The van der Waals surface area contributed by atoms with E-state index in [9.17, 15) is 4.79 Å². The van der Waals surface area contributed by atoms with Crippen LogP contribution in [0.4, 0.5) is 5.69 Å². The van der Waals surface area contributed by atoms with Gasteiger partial charge in [-0.2, -0.15) is 0 Å². The van der Waals surface area contributed by atoms with Gasteiger partial charge in [-0.15, -0.1) is 11.3 Å². The van der Waals surface area contributed by atoms with Gasteiger partial charge < -0.3 is 9.73 Å². The number of para-hydroxylation sites is 1. The molecular formula is C21H14ClN3O2S2. The van der Waals surface area contributed by atoms with Crippen LogP contribution in [0.5, 0.6) is 0 Å². The molecule has 2 aromatic heterocycles. The minimum absolute atomic E-state index is 0.169. The van der Waals surface area contributed by atoms with Gasteiger partial charge in [0.25, 0.3) is 0 Å². The third kappa shape index (κ3) is 4.71. The summed E-state index contributed by atoms with van der Waals surface area (Å²) < 4.78 is 6.23. The van der Waals surface area contributed by atoms with Crippen LogP contribution in [-0.4, -0.2) is 16.0 Å². The first-order valence-electron chi connectivity index (χ1n) is 8.57. The number of aromatic nitrogens is 1. The van der Waals surface area contributed by atoms with Gasteiger partial charge in [-0.25, -0.2) is 4.98 Å². The summed E-state index contributed by atoms with van der Waals surface area (Å²) in [4.78, 5) is 16.6. The number of anilines is 1. The number of benzene rings is 2. The zero-order valence-electron chi connectivity index (χ0n) is 14.9. The molecular weight excluding hydrogens is 426 g/mol. The summed E-state index contributed by atoms with van der Waals surface area (Å²) in [6, 6.07) is 16.9. The van der Waals surface area contributed by atoms with E-state index in [4.69, 9.17) is 28.2 Å². The van der Waals surface area contributed by atoms with Gasteiger partial charge >= 0.3 is 0 Å². The van der Waals surface area contributed by atoms with Crippen molar-refractivity contribution in [2.24, 2.45) is 0 Å². The van der Waals surface area contributed by atoms with Gasteiger partial charge in [-0.05, 0) is 60.8 Å². The lowest BCUT2D eigenvalue weighted by molar-refractivity contribution is -0.115. The van der Waals surface area contributed by atoms with Crippen LogP contribution in [0.2, 0.25) is 5.02 Å². The molecule has 5 nitrogen and oxygen atoms in total. The Kier molecular flexibility index (Phi) is 5.71. The number of carbonyl (C=O) groups excluding carboxylic acids is 1. The molecule has 29 heavy (non-hydrogen) atoms. The Morgan fingerprint density at radius 1 is 1.17 bits per heavy atom. The normalized spacial score (nSPS) is 11.1. The molecule has 0 aliphatic heterocycles. The Morgan fingerprint density at radius 2 is 2.03 bits per heavy atom. The van der Waals surface area contributed by atoms with Gasteiger partial charge in [0.05, 0.1) is 21.5 Å². The molecule has 4 aromatic rings. The molecule has 2 heterocycles. The number of furan rings is 1. The molecule has 1 amide bonds. The number of nitrogens with zero attached hydrogens (tertiary/aromatic N) is 1. The van der Waals surface area contributed by atoms with E-state index in [0.29, 0.717) is 16.5 Å². The monoisotopic (exact) mass is 439 g/mol. The maximum absolute atomic E-state index is 11.9. The first-order chi connectivity index (χ1) is 14.1. The van der Waals surface area contributed by atoms with E-state index in [1.807, 2.05) is 36.4 Å². The van der Waals surface area contributed by atoms with Gasteiger partial charge in [0.1, 0.15) is 10.8 Å². The number of thiocarbonyl (C=S) groups is 1. The van der Waals surface area contributed by atoms with Crippen LogP contribution in [0, 0.1) is 0 Å². The smallest absolute Gasteiger partial charge is 0.250 e. The number of thiazole rings is 1. The number of halogens is 1. The van der Waals surface area contributed by atoms with Crippen molar-refractivity contribution >= 4 is 68.2 Å². The number of fused-ring (bicyclic) bond motifs is 1. The summed E-state index contributed by atoms with van der Waals surface area (Å²) >= 11 is 13.2. The Hall–Kier alpha value is -3.00. The Balaban J connectivity index is 1.42. The van der Waals surface area contributed by atoms with Gasteiger partial charge in [-0.1, -0.05) is 23.7 Å². The maximum Gasteiger partial charge on any atom is 0.250 e. The molecule has 0 unspecified atom stereocenters. The van der Waals surface area contributed by atoms with Crippen molar-refractivity contribution in [3.63, 3.8) is 0 Å². The van der Waals surface area contributed by atoms with Crippen molar-refractivity contribution < 1.29 is 9.21 Å². The third-order valence-corrected chi connectivity index (χ3v) is 5.52. The van der Waals surface area contributed by atoms with Crippen LogP contribution >= 0.6 is 35.2 Å². The highest BCUT2D eigenvalue weighted by molar-refractivity contribution is 7.80. The standard InChI is InChI=1S/C21H14ClN3O2S2/c22-16-12-13(23-21(28)25-19(26)10-8-14-4-3-11-27-14)7-9-15(16)20-24-17-5-1-2-6-18(17)29-20/h1-12H,(H2,23,25,26,28)/b10-8+. The highest BCUT2D eigenvalue weighted by Crippen LogP contribution is 2.35. The first kappa shape index (κ1) is 19.3. The quantitative estimate of drug-likeness (QED) is 0.313. The average molecular weight is 440 g/mol. The molecule has 2 aromatic carbocycles. The van der Waals surface area contributed by atoms with E-state index in [-0.39, 0.29) is 11.0 Å². The number of carbonyl (C=O) groups is 1. The highest BCUT2D eigenvalue weighted by atomic mass is 35.5. The van der Waals surface area contributed by atoms with Crippen molar-refractivity contribution in [2.45, 2.75) is 0 Å². The van der Waals surface area contributed by atoms with Crippen molar-refractivity contribution in [1.29, 1.82) is 0 Å². The molecule has 0 radical (unpaired) electrons. The minimum Gasteiger partial charge on any atom is -0.465 e. The number of hydrogen-bond donors (Lipinski definition) is 2. The molecule has 0 aliphatic rings. The van der Waals surface area contributed by atoms with Crippen LogP contribution in [-0.2, 0) is 4.79 Å². The van der Waals surface area contributed by atoms with Crippen molar-refractivity contribution in [1.82, 2.24) is 10.3 Å². The van der Waals surface area contributed by atoms with Gasteiger partial charge in [-0.3, -0.25) is 10.1 Å². The molecule has 0 saturated carbocycles. The molecule has 0 saturated heterocycles. The summed E-state index contributed by atoms with van der Waals surface area (Å²) in [6.07, 6.45) is 4.43. The second-order valence-corrected chi connectivity index (χ2v) is 7.82. The summed E-state index contributed by atoms with van der Waals surface area (Å²) in [5, 5.41) is 7.09. The second kappa shape index (κ2) is 8.57. The minimum atomic E-state index is -0.365. The number of nitrogens with one attached hydrogen (secondary N) is 2. The van der Waals surface area contributed by atoms with Crippen molar-refractivity contribution in [3.05, 3.63) is 77.7 Å². The third-order valence-electron chi connectivity index (χ3n) is 3.93. The van der Waals surface area contributed by atoms with Gasteiger partial charge in [0.2, 0.25) is 5.91 Å². The van der Waals surface area contributed by atoms with Crippen LogP contribution in [0.1, 0.15) is 5.76 Å². The SMILES string of the molecule is O=C(/C=C/c1ccco1)NC(=S)Nc1ccc(-c2nc3ccccc3s2)c(Cl)c1. The largest absolute Gasteiger partial charge is 0.465 e. The van der Waals surface area contributed by atoms with E-state index in [0.717, 1.165) is 20.8 Å². The lowest BCUT2D eigenvalue weighted by atomic mass is 10.2. The van der Waals surface area contributed by atoms with E-state index in [2.05, 4.69) is 15.6 Å². The van der Waals surface area contributed by atoms with Gasteiger partial charge in [0.15, 0.2) is 5.11 Å². The molecule has 0 aliphatic carbocycles. The molecule has 2 N–H and O–H groups in total. The lowest BCUT2D eigenvalue weighted by Gasteiger charge is -2.09. The first-order valence-corrected chi connectivity index (χ1v) is 10.2. The maximum atomic E-state index is 11.9. The fourth-order valence-corrected chi connectivity index (χ4v) is 4.16. The molecule has 144 valence electrons. The topological polar surface area (TPSA) is 67.2 Å². The zero-order valence-corrected chi connectivity index (χ0v) is 17.3. The second-order valence-electron chi connectivity index (χ2n) is 5.97. The number of rotatable bonds is 4. The number of amides is 1. The highest BCUT2D eigenvalue weighted by Gasteiger charge is 2.11. The van der Waals surface area contributed by atoms with E-state index >= 15 is 0 Å². The van der Waals surface area contributed by atoms with Crippen molar-refractivity contribution in [3.8, 4) is 10.6 Å². The molecule has 0 spiro atoms. The van der Waals surface area contributed by atoms with E-state index < -0.39 is 0 Å². The molecule has 0 bridgehead atoms. The zero-order chi connectivity index (χ0) is 20.2. The molecule has 0 atom stereocenters. The van der Waals surface area contributed by atoms with Crippen LogP contribution in [0.15, 0.2) is 71.4 Å². The van der Waals surface area contributed by atoms with Crippen LogP contribution in [0.25, 0.3) is 26.9 Å². The lowest BCUT2D eigenvalue weighted by Crippen LogP contribution is -2.32. The van der Waals surface area contributed by atoms with E-state index in [1.165, 1.54) is 12.3 Å². The fraction of sp³-hybridized carbons (Fsp3) is 0. The Morgan fingerprint density at radius 3 is 2.79 bits per heavy atom.